The van der Waals surface area contributed by atoms with E-state index in [1.807, 2.05) is 30.3 Å². The third-order valence-electron chi connectivity index (χ3n) is 5.91. The van der Waals surface area contributed by atoms with Gasteiger partial charge in [-0.25, -0.2) is 0 Å². The number of aromatic hydroxyl groups is 1. The Morgan fingerprint density at radius 2 is 1.47 bits per heavy atom. The van der Waals surface area contributed by atoms with Crippen LogP contribution in [0, 0.1) is 5.92 Å². The number of benzene rings is 2. The molecule has 0 aliphatic heterocycles. The van der Waals surface area contributed by atoms with Gasteiger partial charge < -0.3 is 32.9 Å². The highest BCUT2D eigenvalue weighted by Gasteiger charge is 2.29. The number of carbonyl (C=O) groups excluding carboxylic acids is 4. The highest BCUT2D eigenvalue weighted by atomic mass is 16.3. The fourth-order valence-electron chi connectivity index (χ4n) is 3.98. The van der Waals surface area contributed by atoms with E-state index in [0.29, 0.717) is 6.42 Å². The van der Waals surface area contributed by atoms with Crippen LogP contribution in [0.15, 0.2) is 59.6 Å². The van der Waals surface area contributed by atoms with Gasteiger partial charge in [0.15, 0.2) is 11.7 Å². The summed E-state index contributed by atoms with van der Waals surface area (Å²) in [5.74, 6) is -2.77. The number of nitrogens with two attached hydrogens (primary N) is 3. The van der Waals surface area contributed by atoms with E-state index in [4.69, 9.17) is 17.2 Å². The second-order valence-corrected chi connectivity index (χ2v) is 9.09. The summed E-state index contributed by atoms with van der Waals surface area (Å²) in [5, 5.41) is 14.9. The molecule has 0 heterocycles. The SMILES string of the molecule is CC(=O)N[C@H](Cc1ccc(O)cc1)C(=O)C[C@H](CCCN=C(N)N)C(=O)N[C@H](Cc1ccccc1)C(N)=O. The molecule has 2 aromatic rings. The molecule has 0 saturated heterocycles. The first kappa shape index (κ1) is 29.8. The molecule has 0 bridgehead atoms. The van der Waals surface area contributed by atoms with E-state index < -0.39 is 35.7 Å². The summed E-state index contributed by atoms with van der Waals surface area (Å²) in [5.41, 5.74) is 17.9. The molecule has 0 spiro atoms. The number of Topliss-reactive ketones (excluding diaryl/α,β-unsaturated/α-hetero) is 1. The number of carbonyl (C=O) groups is 4. The van der Waals surface area contributed by atoms with Crippen molar-refractivity contribution in [2.24, 2.45) is 28.1 Å². The van der Waals surface area contributed by atoms with Crippen molar-refractivity contribution in [3.05, 3.63) is 65.7 Å². The third kappa shape index (κ3) is 10.7. The van der Waals surface area contributed by atoms with Gasteiger partial charge in [0.1, 0.15) is 11.8 Å². The molecular weight excluding hydrogens is 488 g/mol. The number of ketones is 1. The van der Waals surface area contributed by atoms with Crippen LogP contribution in [0.4, 0.5) is 0 Å². The monoisotopic (exact) mass is 524 g/mol. The van der Waals surface area contributed by atoms with Crippen molar-refractivity contribution in [2.45, 2.75) is 51.1 Å². The van der Waals surface area contributed by atoms with Crippen molar-refractivity contribution in [1.29, 1.82) is 0 Å². The topological polar surface area (TPSA) is 203 Å². The smallest absolute Gasteiger partial charge is 0.240 e. The van der Waals surface area contributed by atoms with Crippen LogP contribution in [-0.4, -0.2) is 53.2 Å². The highest BCUT2D eigenvalue weighted by molar-refractivity contribution is 5.93. The van der Waals surface area contributed by atoms with Crippen molar-refractivity contribution < 1.29 is 24.3 Å². The van der Waals surface area contributed by atoms with Crippen molar-refractivity contribution in [3.63, 3.8) is 0 Å². The van der Waals surface area contributed by atoms with Gasteiger partial charge in [-0.05, 0) is 42.5 Å². The number of amides is 3. The lowest BCUT2D eigenvalue weighted by atomic mass is 9.90. The summed E-state index contributed by atoms with van der Waals surface area (Å²) >= 11 is 0. The number of hydrogen-bond acceptors (Lipinski definition) is 6. The van der Waals surface area contributed by atoms with Crippen LogP contribution in [-0.2, 0) is 32.0 Å². The average molecular weight is 525 g/mol. The molecule has 11 nitrogen and oxygen atoms in total. The second kappa shape index (κ2) is 15.0. The molecule has 11 heteroatoms. The minimum atomic E-state index is -0.969. The molecule has 0 aliphatic carbocycles. The number of nitrogens with one attached hydrogen (secondary N) is 2. The molecular formula is C27H36N6O5. The molecule has 0 radical (unpaired) electrons. The zero-order valence-corrected chi connectivity index (χ0v) is 21.4. The molecule has 0 fully saturated rings. The Bertz CT molecular complexity index is 1120. The summed E-state index contributed by atoms with van der Waals surface area (Å²) in [6, 6.07) is 13.5. The minimum Gasteiger partial charge on any atom is -0.508 e. The minimum absolute atomic E-state index is 0.0770. The molecule has 0 saturated carbocycles. The van der Waals surface area contributed by atoms with Gasteiger partial charge in [0.2, 0.25) is 17.7 Å². The molecule has 9 N–H and O–H groups in total. The van der Waals surface area contributed by atoms with Gasteiger partial charge in [-0.3, -0.25) is 24.2 Å². The van der Waals surface area contributed by atoms with Crippen LogP contribution < -0.4 is 27.8 Å². The maximum atomic E-state index is 13.3. The molecule has 0 aliphatic rings. The number of hydrogen-bond donors (Lipinski definition) is 6. The summed E-state index contributed by atoms with van der Waals surface area (Å²) in [6.07, 6.45) is 0.863. The fourth-order valence-corrected chi connectivity index (χ4v) is 3.98. The Morgan fingerprint density at radius 3 is 2.05 bits per heavy atom. The molecule has 2 aromatic carbocycles. The van der Waals surface area contributed by atoms with Crippen LogP contribution in [0.5, 0.6) is 5.75 Å². The summed E-state index contributed by atoms with van der Waals surface area (Å²) in [7, 11) is 0. The molecule has 2 rings (SSSR count). The van der Waals surface area contributed by atoms with Gasteiger partial charge >= 0.3 is 0 Å². The average Bonchev–Trinajstić information content (AvgIpc) is 2.86. The Kier molecular flexibility index (Phi) is 11.8. The number of aliphatic imine (C=N–C) groups is 1. The first-order valence-electron chi connectivity index (χ1n) is 12.3. The van der Waals surface area contributed by atoms with Gasteiger partial charge in [0.05, 0.1) is 6.04 Å². The lowest BCUT2D eigenvalue weighted by Gasteiger charge is -2.23. The van der Waals surface area contributed by atoms with E-state index in [9.17, 15) is 24.3 Å². The first-order chi connectivity index (χ1) is 18.0. The van der Waals surface area contributed by atoms with Gasteiger partial charge in [0, 0.05) is 32.2 Å². The number of guanidine groups is 1. The van der Waals surface area contributed by atoms with E-state index in [1.54, 1.807) is 12.1 Å². The maximum absolute atomic E-state index is 13.3. The Morgan fingerprint density at radius 1 is 0.868 bits per heavy atom. The van der Waals surface area contributed by atoms with Crippen molar-refractivity contribution in [2.75, 3.05) is 6.54 Å². The molecule has 38 heavy (non-hydrogen) atoms. The van der Waals surface area contributed by atoms with E-state index in [-0.39, 0.29) is 49.7 Å². The van der Waals surface area contributed by atoms with Crippen molar-refractivity contribution in [1.82, 2.24) is 10.6 Å². The summed E-state index contributed by atoms with van der Waals surface area (Å²) in [6.45, 7) is 1.56. The second-order valence-electron chi connectivity index (χ2n) is 9.09. The normalized spacial score (nSPS) is 13.0. The first-order valence-corrected chi connectivity index (χ1v) is 12.3. The third-order valence-corrected chi connectivity index (χ3v) is 5.91. The van der Waals surface area contributed by atoms with Gasteiger partial charge in [-0.2, -0.15) is 0 Å². The number of primary amides is 1. The number of phenols is 1. The number of nitrogens with zero attached hydrogens (tertiary/aromatic N) is 1. The molecule has 204 valence electrons. The van der Waals surface area contributed by atoms with Gasteiger partial charge in [-0.15, -0.1) is 0 Å². The Balaban J connectivity index is 2.19. The quantitative estimate of drug-likeness (QED) is 0.109. The Hall–Kier alpha value is -4.41. The Labute approximate surface area is 221 Å². The van der Waals surface area contributed by atoms with E-state index in [2.05, 4.69) is 15.6 Å². The van der Waals surface area contributed by atoms with Gasteiger partial charge in [-0.1, -0.05) is 42.5 Å². The van der Waals surface area contributed by atoms with Crippen LogP contribution in [0.2, 0.25) is 0 Å². The van der Waals surface area contributed by atoms with Crippen molar-refractivity contribution >= 4 is 29.5 Å². The largest absolute Gasteiger partial charge is 0.508 e. The predicted molar refractivity (Wildman–Crippen MR) is 144 cm³/mol. The lowest BCUT2D eigenvalue weighted by Crippen LogP contribution is -2.49. The maximum Gasteiger partial charge on any atom is 0.240 e. The fraction of sp³-hybridized carbons (Fsp3) is 0.370. The van der Waals surface area contributed by atoms with Crippen molar-refractivity contribution in [3.8, 4) is 5.75 Å². The zero-order valence-electron chi connectivity index (χ0n) is 21.4. The van der Waals surface area contributed by atoms with Crippen LogP contribution in [0.3, 0.4) is 0 Å². The lowest BCUT2D eigenvalue weighted by molar-refractivity contribution is -0.133. The van der Waals surface area contributed by atoms with E-state index in [0.717, 1.165) is 11.1 Å². The van der Waals surface area contributed by atoms with Gasteiger partial charge in [0.25, 0.3) is 0 Å². The highest BCUT2D eigenvalue weighted by Crippen LogP contribution is 2.18. The summed E-state index contributed by atoms with van der Waals surface area (Å²) in [4.78, 5) is 54.4. The van der Waals surface area contributed by atoms with Crippen LogP contribution in [0.25, 0.3) is 0 Å². The molecule has 3 atom stereocenters. The zero-order chi connectivity index (χ0) is 28.1. The van der Waals surface area contributed by atoms with Crippen LogP contribution >= 0.6 is 0 Å². The number of rotatable bonds is 15. The van der Waals surface area contributed by atoms with E-state index >= 15 is 0 Å². The summed E-state index contributed by atoms with van der Waals surface area (Å²) < 4.78 is 0. The van der Waals surface area contributed by atoms with Crippen LogP contribution in [0.1, 0.15) is 37.3 Å². The molecule has 0 unspecified atom stereocenters. The standard InChI is InChI=1S/C27H36N6O5/c1-17(34)32-22(14-19-9-11-21(35)12-10-19)24(36)16-20(8-5-13-31-27(29)30)26(38)33-23(25(28)37)15-18-6-3-2-4-7-18/h2-4,6-7,9-12,20,22-23,35H,5,8,13-16H2,1H3,(H2,28,37)(H,32,34)(H,33,38)(H4,29,30,31)/t20-,22+,23+/m0/s1. The van der Waals surface area contributed by atoms with E-state index in [1.165, 1.54) is 19.1 Å². The predicted octanol–water partition coefficient (Wildman–Crippen LogP) is 0.281. The molecule has 0 aromatic heterocycles. The number of phenolic OH excluding ortho intramolecular Hbond substituents is 1. The molecule has 3 amide bonds.